The Morgan fingerprint density at radius 3 is 2.91 bits per heavy atom. The van der Waals surface area contributed by atoms with Crippen molar-refractivity contribution in [2.75, 3.05) is 40.5 Å². The molecule has 4 fully saturated rings. The lowest BCUT2D eigenvalue weighted by molar-refractivity contribution is -0.125. The second-order valence-corrected chi connectivity index (χ2v) is 7.91. The van der Waals surface area contributed by atoms with Gasteiger partial charge in [-0.15, -0.1) is 0 Å². The molecular formula is C18H31N3O2. The van der Waals surface area contributed by atoms with Crippen molar-refractivity contribution < 1.29 is 9.47 Å². The van der Waals surface area contributed by atoms with Gasteiger partial charge >= 0.3 is 0 Å². The van der Waals surface area contributed by atoms with E-state index in [1.54, 1.807) is 7.11 Å². The average molecular weight is 321 g/mol. The monoisotopic (exact) mass is 321 g/mol. The molecule has 2 saturated heterocycles. The summed E-state index contributed by atoms with van der Waals surface area (Å²) in [6.07, 6.45) is 8.32. The molecule has 5 nitrogen and oxygen atoms in total. The summed E-state index contributed by atoms with van der Waals surface area (Å²) in [6.45, 7) is 3.97. The van der Waals surface area contributed by atoms with Crippen LogP contribution in [0.1, 0.15) is 38.5 Å². The van der Waals surface area contributed by atoms with Gasteiger partial charge in [0.15, 0.2) is 5.96 Å². The summed E-state index contributed by atoms with van der Waals surface area (Å²) in [5.41, 5.74) is 0.392. The second kappa shape index (κ2) is 6.25. The molecule has 4 unspecified atom stereocenters. The fourth-order valence-electron chi connectivity index (χ4n) is 5.74. The average Bonchev–Trinajstić information content (AvgIpc) is 3.28. The molecule has 4 rings (SSSR count). The van der Waals surface area contributed by atoms with Gasteiger partial charge in [0.2, 0.25) is 0 Å². The molecule has 0 aromatic rings. The molecule has 2 aliphatic carbocycles. The number of ether oxygens (including phenoxy) is 2. The molecule has 0 aromatic heterocycles. The highest BCUT2D eigenvalue weighted by Gasteiger charge is 2.65. The highest BCUT2D eigenvalue weighted by molar-refractivity contribution is 5.80. The van der Waals surface area contributed by atoms with Crippen LogP contribution in [-0.2, 0) is 9.47 Å². The summed E-state index contributed by atoms with van der Waals surface area (Å²) in [6, 6.07) is 0.567. The van der Waals surface area contributed by atoms with Crippen molar-refractivity contribution in [1.29, 1.82) is 0 Å². The van der Waals surface area contributed by atoms with Gasteiger partial charge in [-0.05, 0) is 25.7 Å². The smallest absolute Gasteiger partial charge is 0.193 e. The van der Waals surface area contributed by atoms with Gasteiger partial charge in [0.1, 0.15) is 0 Å². The highest BCUT2D eigenvalue weighted by atomic mass is 16.5. The Labute approximate surface area is 139 Å². The topological polar surface area (TPSA) is 46.1 Å². The third-order valence-electron chi connectivity index (χ3n) is 6.77. The van der Waals surface area contributed by atoms with E-state index in [4.69, 9.17) is 9.47 Å². The maximum absolute atomic E-state index is 6.10. The van der Waals surface area contributed by atoms with Gasteiger partial charge in [0.25, 0.3) is 0 Å². The number of nitrogens with one attached hydrogen (secondary N) is 1. The Kier molecular flexibility index (Phi) is 4.26. The van der Waals surface area contributed by atoms with Gasteiger partial charge < -0.3 is 19.7 Å². The van der Waals surface area contributed by atoms with Crippen LogP contribution in [0.15, 0.2) is 4.99 Å². The zero-order valence-electron chi connectivity index (χ0n) is 14.6. The van der Waals surface area contributed by atoms with Gasteiger partial charge in [-0.1, -0.05) is 12.8 Å². The molecule has 5 heteroatoms. The van der Waals surface area contributed by atoms with Crippen LogP contribution in [0.25, 0.3) is 0 Å². The summed E-state index contributed by atoms with van der Waals surface area (Å²) in [4.78, 5) is 7.03. The van der Waals surface area contributed by atoms with Crippen molar-refractivity contribution in [2.45, 2.75) is 50.7 Å². The van der Waals surface area contributed by atoms with Gasteiger partial charge in [-0.2, -0.15) is 0 Å². The summed E-state index contributed by atoms with van der Waals surface area (Å²) in [7, 11) is 3.72. The molecule has 2 heterocycles. The zero-order valence-corrected chi connectivity index (χ0v) is 14.6. The molecule has 2 aliphatic heterocycles. The fourth-order valence-corrected chi connectivity index (χ4v) is 5.74. The van der Waals surface area contributed by atoms with E-state index in [2.05, 4.69) is 15.2 Å². The number of methoxy groups -OCH3 is 1. The Bertz CT molecular complexity index is 461. The standard InChI is InChI=1S/C18H31N3O2/c1-19-17(21-9-5-13(11-21)12-22-2)20-15-14-6-10-23-16(14)18(15)7-3-4-8-18/h13-16H,3-12H2,1-2H3,(H,19,20). The molecule has 1 N–H and O–H groups in total. The largest absolute Gasteiger partial charge is 0.384 e. The van der Waals surface area contributed by atoms with E-state index in [-0.39, 0.29) is 0 Å². The number of hydrogen-bond acceptors (Lipinski definition) is 3. The molecule has 4 atom stereocenters. The number of rotatable bonds is 3. The first-order valence-electron chi connectivity index (χ1n) is 9.37. The normalized spacial score (nSPS) is 38.9. The third kappa shape index (κ3) is 2.47. The van der Waals surface area contributed by atoms with Gasteiger partial charge in [-0.3, -0.25) is 4.99 Å². The van der Waals surface area contributed by atoms with Crippen LogP contribution in [0.4, 0.5) is 0 Å². The lowest BCUT2D eigenvalue weighted by atomic mass is 9.54. The van der Waals surface area contributed by atoms with Crippen molar-refractivity contribution in [3.05, 3.63) is 0 Å². The number of nitrogens with zero attached hydrogens (tertiary/aromatic N) is 2. The number of fused-ring (bicyclic) bond motifs is 2. The van der Waals surface area contributed by atoms with Crippen molar-refractivity contribution >= 4 is 5.96 Å². The lowest BCUT2D eigenvalue weighted by Gasteiger charge is -2.57. The first kappa shape index (κ1) is 15.7. The maximum atomic E-state index is 6.10. The lowest BCUT2D eigenvalue weighted by Crippen LogP contribution is -2.69. The van der Waals surface area contributed by atoms with E-state index in [0.29, 0.717) is 29.4 Å². The van der Waals surface area contributed by atoms with E-state index >= 15 is 0 Å². The Morgan fingerprint density at radius 1 is 1.35 bits per heavy atom. The zero-order chi connectivity index (χ0) is 15.9. The summed E-state index contributed by atoms with van der Waals surface area (Å²) in [5.74, 6) is 2.44. The van der Waals surface area contributed by atoms with Gasteiger partial charge in [0, 0.05) is 57.1 Å². The molecular weight excluding hydrogens is 290 g/mol. The molecule has 0 radical (unpaired) electrons. The minimum Gasteiger partial charge on any atom is -0.384 e. The van der Waals surface area contributed by atoms with E-state index < -0.39 is 0 Å². The van der Waals surface area contributed by atoms with E-state index in [0.717, 1.165) is 32.3 Å². The van der Waals surface area contributed by atoms with Crippen molar-refractivity contribution in [3.63, 3.8) is 0 Å². The third-order valence-corrected chi connectivity index (χ3v) is 6.77. The number of aliphatic imine (C=N–C) groups is 1. The predicted molar refractivity (Wildman–Crippen MR) is 90.6 cm³/mol. The molecule has 130 valence electrons. The van der Waals surface area contributed by atoms with Crippen LogP contribution >= 0.6 is 0 Å². The van der Waals surface area contributed by atoms with Gasteiger partial charge in [-0.25, -0.2) is 0 Å². The minimum atomic E-state index is 0.392. The van der Waals surface area contributed by atoms with Crippen molar-refractivity contribution in [1.82, 2.24) is 10.2 Å². The molecule has 0 aromatic carbocycles. The summed E-state index contributed by atoms with van der Waals surface area (Å²) >= 11 is 0. The summed E-state index contributed by atoms with van der Waals surface area (Å²) in [5, 5.41) is 3.87. The Morgan fingerprint density at radius 2 is 2.17 bits per heavy atom. The first-order valence-corrected chi connectivity index (χ1v) is 9.37. The molecule has 4 aliphatic rings. The minimum absolute atomic E-state index is 0.392. The highest BCUT2D eigenvalue weighted by Crippen LogP contribution is 2.60. The predicted octanol–water partition coefficient (Wildman–Crippen LogP) is 1.88. The first-order chi connectivity index (χ1) is 11.3. The van der Waals surface area contributed by atoms with Crippen LogP contribution < -0.4 is 5.32 Å². The van der Waals surface area contributed by atoms with E-state index in [1.807, 2.05) is 7.05 Å². The van der Waals surface area contributed by atoms with Crippen LogP contribution in [0.5, 0.6) is 0 Å². The van der Waals surface area contributed by atoms with E-state index in [1.165, 1.54) is 38.5 Å². The Hall–Kier alpha value is -0.810. The number of guanidine groups is 1. The van der Waals surface area contributed by atoms with Gasteiger partial charge in [0.05, 0.1) is 12.7 Å². The van der Waals surface area contributed by atoms with Crippen molar-refractivity contribution in [2.24, 2.45) is 22.2 Å². The quantitative estimate of drug-likeness (QED) is 0.637. The Balaban J connectivity index is 1.44. The van der Waals surface area contributed by atoms with Crippen LogP contribution in [0, 0.1) is 17.3 Å². The number of likely N-dealkylation sites (tertiary alicyclic amines) is 1. The van der Waals surface area contributed by atoms with Crippen molar-refractivity contribution in [3.8, 4) is 0 Å². The fraction of sp³-hybridized carbons (Fsp3) is 0.944. The molecule has 1 spiro atoms. The maximum Gasteiger partial charge on any atom is 0.193 e. The molecule has 0 amide bonds. The SMILES string of the molecule is CN=C(NC1C2CCOC2C12CCCC2)N1CCC(COC)C1. The molecule has 0 bridgehead atoms. The molecule has 2 saturated carbocycles. The van der Waals surface area contributed by atoms with E-state index in [9.17, 15) is 0 Å². The second-order valence-electron chi connectivity index (χ2n) is 7.91. The molecule has 23 heavy (non-hydrogen) atoms. The van der Waals surface area contributed by atoms with Crippen LogP contribution in [0.2, 0.25) is 0 Å². The summed E-state index contributed by atoms with van der Waals surface area (Å²) < 4.78 is 11.4. The van der Waals surface area contributed by atoms with Crippen LogP contribution in [0.3, 0.4) is 0 Å². The van der Waals surface area contributed by atoms with Crippen LogP contribution in [-0.4, -0.2) is 63.5 Å². The number of hydrogen-bond donors (Lipinski definition) is 1.